The minimum Gasteiger partial charge on any atom is -0.382 e. The van der Waals surface area contributed by atoms with Crippen LogP contribution in [0, 0.1) is 22.7 Å². The molecule has 0 aliphatic carbocycles. The van der Waals surface area contributed by atoms with E-state index >= 15 is 0 Å². The van der Waals surface area contributed by atoms with Crippen molar-refractivity contribution in [3.63, 3.8) is 0 Å². The van der Waals surface area contributed by atoms with Gasteiger partial charge in [0.05, 0.1) is 6.07 Å². The molecule has 0 aromatic carbocycles. The van der Waals surface area contributed by atoms with Gasteiger partial charge in [-0.2, -0.15) is 10.5 Å². The van der Waals surface area contributed by atoms with Crippen LogP contribution in [0.25, 0.3) is 0 Å². The first kappa shape index (κ1) is 8.69. The number of aliphatic imine (C=N–C) groups is 2. The molecule has 2 atom stereocenters. The van der Waals surface area contributed by atoms with Crippen molar-refractivity contribution in [2.75, 3.05) is 0 Å². The third kappa shape index (κ3) is 1.44. The zero-order chi connectivity index (χ0) is 9.14. The monoisotopic (exact) mass is 225 g/mol. The Morgan fingerprint density at radius 2 is 2.08 bits per heavy atom. The maximum Gasteiger partial charge on any atom is 0.178 e. The van der Waals surface area contributed by atoms with E-state index in [4.69, 9.17) is 16.3 Å². The number of hydrogen-bond acceptors (Lipinski definition) is 5. The van der Waals surface area contributed by atoms with Crippen LogP contribution < -0.4 is 5.73 Å². The smallest absolute Gasteiger partial charge is 0.178 e. The van der Waals surface area contributed by atoms with E-state index in [1.54, 1.807) is 6.07 Å². The molecule has 0 saturated carbocycles. The molecule has 0 amide bonds. The van der Waals surface area contributed by atoms with Gasteiger partial charge in [-0.1, -0.05) is 15.9 Å². The van der Waals surface area contributed by atoms with Gasteiger partial charge >= 0.3 is 0 Å². The van der Waals surface area contributed by atoms with Gasteiger partial charge in [0, 0.05) is 0 Å². The number of amidine groups is 1. The fourth-order valence-electron chi connectivity index (χ4n) is 0.709. The average molecular weight is 226 g/mol. The SMILES string of the molecule is N#CC1=NC(Br)C(C#N)N=C1N. The van der Waals surface area contributed by atoms with Gasteiger partial charge in [-0.05, 0) is 0 Å². The Labute approximate surface area is 77.3 Å². The Morgan fingerprint density at radius 1 is 1.42 bits per heavy atom. The van der Waals surface area contributed by atoms with E-state index in [0.29, 0.717) is 0 Å². The van der Waals surface area contributed by atoms with E-state index in [1.807, 2.05) is 6.07 Å². The largest absolute Gasteiger partial charge is 0.382 e. The molecule has 1 aliphatic heterocycles. The number of nitrogens with two attached hydrogens (primary N) is 1. The summed E-state index contributed by atoms with van der Waals surface area (Å²) < 4.78 is 0. The lowest BCUT2D eigenvalue weighted by Crippen LogP contribution is -2.33. The molecule has 0 radical (unpaired) electrons. The molecule has 1 rings (SSSR count). The van der Waals surface area contributed by atoms with Crippen molar-refractivity contribution in [2.45, 2.75) is 11.0 Å². The second-order valence-electron chi connectivity index (χ2n) is 2.05. The van der Waals surface area contributed by atoms with Gasteiger partial charge in [0.1, 0.15) is 11.0 Å². The van der Waals surface area contributed by atoms with Gasteiger partial charge < -0.3 is 5.73 Å². The Morgan fingerprint density at radius 3 is 2.58 bits per heavy atom. The van der Waals surface area contributed by atoms with Gasteiger partial charge in [-0.15, -0.1) is 0 Å². The topological polar surface area (TPSA) is 98.3 Å². The van der Waals surface area contributed by atoms with Gasteiger partial charge in [-0.3, -0.25) is 4.99 Å². The molecule has 12 heavy (non-hydrogen) atoms. The molecular weight excluding hydrogens is 222 g/mol. The van der Waals surface area contributed by atoms with Crippen molar-refractivity contribution in [1.29, 1.82) is 10.5 Å². The number of halogens is 1. The minimum absolute atomic E-state index is 0.0275. The van der Waals surface area contributed by atoms with Gasteiger partial charge in [0.25, 0.3) is 0 Å². The van der Waals surface area contributed by atoms with Crippen LogP contribution in [0.1, 0.15) is 0 Å². The van der Waals surface area contributed by atoms with E-state index in [0.717, 1.165) is 0 Å². The summed E-state index contributed by atoms with van der Waals surface area (Å²) in [6, 6.07) is 3.04. The summed E-state index contributed by atoms with van der Waals surface area (Å²) in [7, 11) is 0. The molecule has 2 N–H and O–H groups in total. The van der Waals surface area contributed by atoms with Crippen LogP contribution in [0.3, 0.4) is 0 Å². The van der Waals surface area contributed by atoms with Crippen molar-refractivity contribution in [1.82, 2.24) is 0 Å². The van der Waals surface area contributed by atoms with Crippen LogP contribution in [0.15, 0.2) is 9.98 Å². The number of nitriles is 2. The molecule has 1 heterocycles. The highest BCUT2D eigenvalue weighted by Gasteiger charge is 2.23. The van der Waals surface area contributed by atoms with Crippen LogP contribution in [0.2, 0.25) is 0 Å². The molecule has 0 bridgehead atoms. The van der Waals surface area contributed by atoms with Gasteiger partial charge in [0.2, 0.25) is 0 Å². The zero-order valence-corrected chi connectivity index (χ0v) is 7.48. The molecule has 0 saturated heterocycles. The lowest BCUT2D eigenvalue weighted by Gasteiger charge is -2.13. The van der Waals surface area contributed by atoms with Crippen molar-refractivity contribution >= 4 is 27.5 Å². The number of nitrogens with zero attached hydrogens (tertiary/aromatic N) is 4. The summed E-state index contributed by atoms with van der Waals surface area (Å²) in [4.78, 5) is 7.13. The third-order valence-corrected chi connectivity index (χ3v) is 1.98. The first-order chi connectivity index (χ1) is 5.69. The zero-order valence-electron chi connectivity index (χ0n) is 5.90. The highest BCUT2D eigenvalue weighted by atomic mass is 79.9. The molecule has 1 aliphatic rings. The quantitative estimate of drug-likeness (QED) is 0.462. The highest BCUT2D eigenvalue weighted by molar-refractivity contribution is 9.09. The third-order valence-electron chi connectivity index (χ3n) is 1.27. The van der Waals surface area contributed by atoms with E-state index in [9.17, 15) is 0 Å². The van der Waals surface area contributed by atoms with E-state index < -0.39 is 11.0 Å². The molecule has 0 aromatic heterocycles. The van der Waals surface area contributed by atoms with E-state index in [1.165, 1.54) is 0 Å². The maximum absolute atomic E-state index is 8.54. The Hall–Kier alpha value is -1.40. The first-order valence-corrected chi connectivity index (χ1v) is 3.96. The van der Waals surface area contributed by atoms with Crippen LogP contribution in [0.5, 0.6) is 0 Å². The lowest BCUT2D eigenvalue weighted by atomic mass is 10.2. The molecule has 5 nitrogen and oxygen atoms in total. The van der Waals surface area contributed by atoms with Crippen molar-refractivity contribution in [3.05, 3.63) is 0 Å². The predicted octanol–water partition coefficient (Wildman–Crippen LogP) is -0.0650. The Bertz CT molecular complexity index is 331. The summed E-state index contributed by atoms with van der Waals surface area (Å²) in [6.45, 7) is 0. The summed E-state index contributed by atoms with van der Waals surface area (Å²) in [5.41, 5.74) is 5.42. The van der Waals surface area contributed by atoms with Gasteiger partial charge in [-0.25, -0.2) is 4.99 Å². The van der Waals surface area contributed by atoms with E-state index in [-0.39, 0.29) is 11.5 Å². The van der Waals surface area contributed by atoms with Crippen LogP contribution in [-0.2, 0) is 0 Å². The second kappa shape index (κ2) is 3.33. The minimum atomic E-state index is -0.637. The number of rotatable bonds is 0. The summed E-state index contributed by atoms with van der Waals surface area (Å²) >= 11 is 3.10. The van der Waals surface area contributed by atoms with Gasteiger partial charge in [0.15, 0.2) is 17.6 Å². The summed E-state index contributed by atoms with van der Waals surface area (Å²) in [5, 5.41) is 17.0. The Kier molecular flexibility index (Phi) is 2.41. The second-order valence-corrected chi connectivity index (χ2v) is 2.99. The van der Waals surface area contributed by atoms with Crippen molar-refractivity contribution in [3.8, 4) is 12.1 Å². The predicted molar refractivity (Wildman–Crippen MR) is 46.8 cm³/mol. The van der Waals surface area contributed by atoms with Crippen LogP contribution >= 0.6 is 15.9 Å². The fourth-order valence-corrected chi connectivity index (χ4v) is 1.15. The first-order valence-electron chi connectivity index (χ1n) is 3.04. The maximum atomic E-state index is 8.54. The molecule has 0 spiro atoms. The average Bonchev–Trinajstić information content (AvgIpc) is 2.08. The standard InChI is InChI=1S/C6H4BrN5/c7-5-3(1-8)12-6(10)4(2-9)11-5/h3,5H,(H2,10,12). The lowest BCUT2D eigenvalue weighted by molar-refractivity contribution is 0.792. The molecule has 2 unspecified atom stereocenters. The summed E-state index contributed by atoms with van der Waals surface area (Å²) in [6.07, 6.45) is 0. The van der Waals surface area contributed by atoms with Crippen molar-refractivity contribution < 1.29 is 0 Å². The van der Waals surface area contributed by atoms with E-state index in [2.05, 4.69) is 25.9 Å². The molecule has 6 heteroatoms. The summed E-state index contributed by atoms with van der Waals surface area (Å²) in [5.74, 6) is 0.0275. The number of alkyl halides is 1. The molecular formula is C6H4BrN5. The highest BCUT2D eigenvalue weighted by Crippen LogP contribution is 2.14. The van der Waals surface area contributed by atoms with Crippen LogP contribution in [0.4, 0.5) is 0 Å². The fraction of sp³-hybridized carbons (Fsp3) is 0.333. The Balaban J connectivity index is 2.99. The molecule has 0 aromatic rings. The van der Waals surface area contributed by atoms with Crippen molar-refractivity contribution in [2.24, 2.45) is 15.7 Å². The molecule has 60 valence electrons. The number of hydrogen-bond donors (Lipinski definition) is 1. The molecule has 0 fully saturated rings. The normalized spacial score (nSPS) is 27.9. The van der Waals surface area contributed by atoms with Crippen LogP contribution in [-0.4, -0.2) is 22.5 Å².